The molecule has 0 aromatic heterocycles. The van der Waals surface area contributed by atoms with Gasteiger partial charge >= 0.3 is 0 Å². The number of aryl methyl sites for hydroxylation is 6. The van der Waals surface area contributed by atoms with Gasteiger partial charge in [0.05, 0.1) is 11.1 Å². The van der Waals surface area contributed by atoms with Gasteiger partial charge in [-0.05, 0) is 103 Å². The summed E-state index contributed by atoms with van der Waals surface area (Å²) >= 11 is 0. The highest BCUT2D eigenvalue weighted by Gasteiger charge is 2.29. The van der Waals surface area contributed by atoms with Crippen LogP contribution >= 0.6 is 0 Å². The summed E-state index contributed by atoms with van der Waals surface area (Å²) < 4.78 is 0. The standard InChI is InChI=1S/C32H40N2O4/c1-17-11-19(3)29(20(4)12-17)31(33-15-27(23(7)35)24(8)36)32(34-16-28(25(9)37)26(10)38)30-21(5)13-18(2)14-22(30)6/h11-16,31-32,35,37H,1-10H3/b27-23+,28-25+,33-15?,34-16?. The summed E-state index contributed by atoms with van der Waals surface area (Å²) in [5.41, 5.74) is 8.42. The van der Waals surface area contributed by atoms with Crippen molar-refractivity contribution in [2.75, 3.05) is 0 Å². The Balaban J connectivity index is 3.01. The minimum absolute atomic E-state index is 0.113. The fourth-order valence-corrected chi connectivity index (χ4v) is 5.13. The second kappa shape index (κ2) is 12.6. The van der Waals surface area contributed by atoms with Gasteiger partial charge in [-0.3, -0.25) is 19.6 Å². The highest BCUT2D eigenvalue weighted by molar-refractivity contribution is 6.13. The molecule has 0 aliphatic carbocycles. The van der Waals surface area contributed by atoms with Crippen molar-refractivity contribution in [2.24, 2.45) is 9.98 Å². The molecule has 202 valence electrons. The molecule has 6 heteroatoms. The van der Waals surface area contributed by atoms with E-state index in [-0.39, 0.29) is 34.2 Å². The van der Waals surface area contributed by atoms with Crippen LogP contribution in [0.3, 0.4) is 0 Å². The van der Waals surface area contributed by atoms with Crippen molar-refractivity contribution in [3.63, 3.8) is 0 Å². The number of nitrogens with zero attached hydrogens (tertiary/aromatic N) is 2. The molecule has 2 unspecified atom stereocenters. The Hall–Kier alpha value is -3.80. The van der Waals surface area contributed by atoms with Crippen LogP contribution in [-0.2, 0) is 9.59 Å². The topological polar surface area (TPSA) is 99.3 Å². The van der Waals surface area contributed by atoms with Crippen molar-refractivity contribution in [3.05, 3.63) is 91.4 Å². The van der Waals surface area contributed by atoms with Gasteiger partial charge in [0.25, 0.3) is 0 Å². The minimum Gasteiger partial charge on any atom is -0.512 e. The highest BCUT2D eigenvalue weighted by Crippen LogP contribution is 2.41. The van der Waals surface area contributed by atoms with E-state index >= 15 is 0 Å². The summed E-state index contributed by atoms with van der Waals surface area (Å²) in [6.45, 7) is 17.8. The molecule has 0 aliphatic heterocycles. The molecular formula is C32H40N2O4. The molecule has 2 rings (SSSR count). The number of rotatable bonds is 9. The number of aliphatic hydroxyl groups is 2. The fraction of sp³-hybridized carbons (Fsp3) is 0.375. The molecule has 2 aromatic rings. The van der Waals surface area contributed by atoms with E-state index < -0.39 is 12.1 Å². The first kappa shape index (κ1) is 30.4. The first-order chi connectivity index (χ1) is 17.6. The number of aliphatic hydroxyl groups excluding tert-OH is 2. The summed E-state index contributed by atoms with van der Waals surface area (Å²) in [6.07, 6.45) is 2.84. The Labute approximate surface area is 226 Å². The molecule has 2 N–H and O–H groups in total. The maximum atomic E-state index is 12.3. The van der Waals surface area contributed by atoms with Crippen LogP contribution in [0.25, 0.3) is 0 Å². The van der Waals surface area contributed by atoms with Crippen molar-refractivity contribution in [3.8, 4) is 0 Å². The normalized spacial score (nSPS) is 14.9. The van der Waals surface area contributed by atoms with Crippen LogP contribution in [0.15, 0.2) is 56.9 Å². The third kappa shape index (κ3) is 7.15. The van der Waals surface area contributed by atoms with Crippen LogP contribution in [0.2, 0.25) is 0 Å². The van der Waals surface area contributed by atoms with Gasteiger partial charge in [0, 0.05) is 12.4 Å². The third-order valence-corrected chi connectivity index (χ3v) is 6.63. The van der Waals surface area contributed by atoms with Gasteiger partial charge in [-0.15, -0.1) is 0 Å². The molecule has 0 heterocycles. The molecule has 0 fully saturated rings. The zero-order chi connectivity index (χ0) is 28.9. The lowest BCUT2D eigenvalue weighted by molar-refractivity contribution is -0.114. The molecule has 0 spiro atoms. The second-order valence-corrected chi connectivity index (χ2v) is 10.2. The largest absolute Gasteiger partial charge is 0.512 e. The van der Waals surface area contributed by atoms with Gasteiger partial charge in [-0.2, -0.15) is 0 Å². The van der Waals surface area contributed by atoms with Gasteiger partial charge in [-0.1, -0.05) is 35.4 Å². The van der Waals surface area contributed by atoms with Crippen LogP contribution in [0.4, 0.5) is 0 Å². The monoisotopic (exact) mass is 516 g/mol. The molecule has 2 atom stereocenters. The Morgan fingerprint density at radius 1 is 0.605 bits per heavy atom. The van der Waals surface area contributed by atoms with Crippen LogP contribution < -0.4 is 0 Å². The molecule has 0 radical (unpaired) electrons. The number of aliphatic imine (C=N–C) groups is 2. The van der Waals surface area contributed by atoms with Crippen LogP contribution in [0.1, 0.15) is 84.3 Å². The number of allylic oxidation sites excluding steroid dienone is 4. The maximum absolute atomic E-state index is 12.3. The summed E-state index contributed by atoms with van der Waals surface area (Å²) in [5, 5.41) is 20.3. The van der Waals surface area contributed by atoms with E-state index in [0.717, 1.165) is 44.5 Å². The first-order valence-electron chi connectivity index (χ1n) is 12.7. The lowest BCUT2D eigenvalue weighted by Gasteiger charge is -2.28. The first-order valence-corrected chi connectivity index (χ1v) is 12.7. The van der Waals surface area contributed by atoms with Crippen molar-refractivity contribution in [2.45, 2.75) is 81.3 Å². The van der Waals surface area contributed by atoms with Gasteiger partial charge in [0.15, 0.2) is 11.6 Å². The summed E-state index contributed by atoms with van der Waals surface area (Å²) in [5.74, 6) is -0.828. The third-order valence-electron chi connectivity index (χ3n) is 6.63. The van der Waals surface area contributed by atoms with E-state index in [1.807, 2.05) is 41.5 Å². The van der Waals surface area contributed by atoms with Gasteiger partial charge in [-0.25, -0.2) is 0 Å². The fourth-order valence-electron chi connectivity index (χ4n) is 5.13. The smallest absolute Gasteiger partial charge is 0.164 e. The number of hydrogen-bond donors (Lipinski definition) is 2. The van der Waals surface area contributed by atoms with Crippen molar-refractivity contribution >= 4 is 24.0 Å². The number of Topliss-reactive ketones (excluding diaryl/α,β-unsaturated/α-hetero) is 2. The zero-order valence-corrected chi connectivity index (χ0v) is 24.2. The molecule has 0 bridgehead atoms. The average Bonchev–Trinajstić information content (AvgIpc) is 2.74. The molecular weight excluding hydrogens is 476 g/mol. The quantitative estimate of drug-likeness (QED) is 0.207. The van der Waals surface area contributed by atoms with E-state index in [1.165, 1.54) is 40.1 Å². The number of hydrogen-bond acceptors (Lipinski definition) is 6. The number of carbonyl (C=O) groups is 2. The Bertz CT molecular complexity index is 1220. The predicted molar refractivity (Wildman–Crippen MR) is 156 cm³/mol. The summed E-state index contributed by atoms with van der Waals surface area (Å²) in [6, 6.07) is 7.15. The highest BCUT2D eigenvalue weighted by atomic mass is 16.3. The number of ketones is 2. The molecule has 6 nitrogen and oxygen atoms in total. The zero-order valence-electron chi connectivity index (χ0n) is 24.2. The molecule has 38 heavy (non-hydrogen) atoms. The van der Waals surface area contributed by atoms with E-state index in [4.69, 9.17) is 9.98 Å². The van der Waals surface area contributed by atoms with Crippen LogP contribution in [-0.4, -0.2) is 34.2 Å². The molecule has 2 aromatic carbocycles. The maximum Gasteiger partial charge on any atom is 0.164 e. The summed E-state index contributed by atoms with van der Waals surface area (Å²) in [4.78, 5) is 34.3. The minimum atomic E-state index is -0.590. The summed E-state index contributed by atoms with van der Waals surface area (Å²) in [7, 11) is 0. The SMILES string of the molecule is CC(=O)/C(C=NC(c1c(C)cc(C)cc1C)C(N=C/C(C(C)=O)=C(/C)O)c1c(C)cc(C)cc1C)=C(\C)O. The molecule has 0 saturated heterocycles. The van der Waals surface area contributed by atoms with Gasteiger partial charge in [0.1, 0.15) is 23.6 Å². The van der Waals surface area contributed by atoms with Gasteiger partial charge in [0.2, 0.25) is 0 Å². The van der Waals surface area contributed by atoms with Crippen molar-refractivity contribution in [1.82, 2.24) is 0 Å². The Kier molecular flexibility index (Phi) is 10.1. The Morgan fingerprint density at radius 2 is 0.868 bits per heavy atom. The predicted octanol–water partition coefficient (Wildman–Crippen LogP) is 7.30. The van der Waals surface area contributed by atoms with Crippen molar-refractivity contribution in [1.29, 1.82) is 0 Å². The number of carbonyl (C=O) groups excluding carboxylic acids is 2. The van der Waals surface area contributed by atoms with Crippen LogP contribution in [0, 0.1) is 41.5 Å². The van der Waals surface area contributed by atoms with E-state index in [0.29, 0.717) is 0 Å². The average molecular weight is 517 g/mol. The molecule has 0 amide bonds. The van der Waals surface area contributed by atoms with E-state index in [1.54, 1.807) is 0 Å². The lowest BCUT2D eigenvalue weighted by Crippen LogP contribution is -2.16. The lowest BCUT2D eigenvalue weighted by atomic mass is 9.84. The van der Waals surface area contributed by atoms with Crippen LogP contribution in [0.5, 0.6) is 0 Å². The van der Waals surface area contributed by atoms with E-state index in [2.05, 4.69) is 24.3 Å². The second-order valence-electron chi connectivity index (χ2n) is 10.2. The van der Waals surface area contributed by atoms with E-state index in [9.17, 15) is 19.8 Å². The molecule has 0 saturated carbocycles. The number of benzene rings is 2. The Morgan fingerprint density at radius 3 is 1.08 bits per heavy atom. The molecule has 0 aliphatic rings. The van der Waals surface area contributed by atoms with Gasteiger partial charge < -0.3 is 10.2 Å². The van der Waals surface area contributed by atoms with Crippen molar-refractivity contribution < 1.29 is 19.8 Å².